The average Bonchev–Trinajstić information content (AvgIpc) is 3.09. The molecule has 2 aromatic heterocycles. The molecular weight excluding hydrogens is 501 g/mol. The van der Waals surface area contributed by atoms with Crippen LogP contribution in [0.5, 0.6) is 0 Å². The third kappa shape index (κ3) is 5.61. The van der Waals surface area contributed by atoms with Crippen molar-refractivity contribution < 1.29 is 61.4 Å². The first-order valence-corrected chi connectivity index (χ1v) is 13.0. The Bertz CT molecular complexity index is 1150. The van der Waals surface area contributed by atoms with Gasteiger partial charge in [-0.3, -0.25) is 4.52 Å². The van der Waals surface area contributed by atoms with E-state index in [1.807, 2.05) is 0 Å². The van der Waals surface area contributed by atoms with E-state index in [1.54, 1.807) is 6.92 Å². The van der Waals surface area contributed by atoms with E-state index in [0.717, 1.165) is 0 Å². The van der Waals surface area contributed by atoms with Crippen LogP contribution in [-0.2, 0) is 31.6 Å². The van der Waals surface area contributed by atoms with E-state index in [2.05, 4.69) is 23.1 Å². The van der Waals surface area contributed by atoms with Crippen molar-refractivity contribution in [3.05, 3.63) is 18.1 Å². The van der Waals surface area contributed by atoms with Crippen LogP contribution in [0.15, 0.2) is 12.5 Å². The summed E-state index contributed by atoms with van der Waals surface area (Å²) in [6.45, 7) is 0.761. The van der Waals surface area contributed by atoms with Gasteiger partial charge in [0, 0.05) is 6.20 Å². The molecule has 1 saturated heterocycles. The summed E-state index contributed by atoms with van der Waals surface area (Å²) in [5.41, 5.74) is 6.75. The fourth-order valence-corrected chi connectivity index (χ4v) is 6.09. The van der Waals surface area contributed by atoms with E-state index >= 15 is 0 Å². The number of aromatic nitrogens is 3. The van der Waals surface area contributed by atoms with Gasteiger partial charge in [-0.15, -0.1) is 0 Å². The molecule has 8 N–H and O–H groups in total. The monoisotopic (exact) mass is 520 g/mol. The van der Waals surface area contributed by atoms with Crippen LogP contribution in [0.4, 0.5) is 5.82 Å². The summed E-state index contributed by atoms with van der Waals surface area (Å²) in [5.74, 6) is 0.170. The number of aryl methyl sites for hydroxylation is 1. The molecular formula is C12H19N4O13P3. The molecule has 0 aliphatic carbocycles. The molecule has 180 valence electrons. The zero-order valence-corrected chi connectivity index (χ0v) is 18.7. The Labute approximate surface area is 178 Å². The molecule has 32 heavy (non-hydrogen) atoms. The van der Waals surface area contributed by atoms with Gasteiger partial charge < -0.3 is 44.8 Å². The predicted molar refractivity (Wildman–Crippen MR) is 102 cm³/mol. The van der Waals surface area contributed by atoms with Gasteiger partial charge in [-0.2, -0.15) is 8.62 Å². The van der Waals surface area contributed by atoms with E-state index in [0.29, 0.717) is 10.9 Å². The Hall–Kier alpha value is -1.29. The van der Waals surface area contributed by atoms with E-state index in [-0.39, 0.29) is 11.5 Å². The molecule has 3 rings (SSSR count). The Morgan fingerprint density at radius 1 is 1.09 bits per heavy atom. The van der Waals surface area contributed by atoms with Crippen molar-refractivity contribution in [2.75, 3.05) is 12.3 Å². The number of hydrogen-bond donors (Lipinski definition) is 7. The Morgan fingerprint density at radius 2 is 1.75 bits per heavy atom. The largest absolute Gasteiger partial charge is 0.490 e. The third-order valence-electron chi connectivity index (χ3n) is 4.26. The first-order chi connectivity index (χ1) is 14.6. The van der Waals surface area contributed by atoms with Crippen LogP contribution in [0.2, 0.25) is 0 Å². The maximum atomic E-state index is 11.8. The first kappa shape index (κ1) is 25.3. The third-order valence-corrected chi connectivity index (χ3v) is 8.06. The Morgan fingerprint density at radius 3 is 2.38 bits per heavy atom. The van der Waals surface area contributed by atoms with Gasteiger partial charge in [0.2, 0.25) is 0 Å². The van der Waals surface area contributed by atoms with Gasteiger partial charge in [0.15, 0.2) is 6.23 Å². The molecule has 0 amide bonds. The van der Waals surface area contributed by atoms with Crippen molar-refractivity contribution in [3.63, 3.8) is 0 Å². The lowest BCUT2D eigenvalue weighted by Crippen LogP contribution is -2.33. The van der Waals surface area contributed by atoms with Gasteiger partial charge in [-0.25, -0.2) is 23.7 Å². The lowest BCUT2D eigenvalue weighted by atomic mass is 10.1. The number of ether oxygens (including phenoxy) is 1. The Balaban J connectivity index is 1.73. The summed E-state index contributed by atoms with van der Waals surface area (Å²) in [6, 6.07) is 0. The maximum absolute atomic E-state index is 11.8. The van der Waals surface area contributed by atoms with Crippen molar-refractivity contribution in [3.8, 4) is 0 Å². The van der Waals surface area contributed by atoms with Crippen molar-refractivity contribution in [2.45, 2.75) is 31.5 Å². The lowest BCUT2D eigenvalue weighted by Gasteiger charge is -2.19. The number of phosphoric acid groups is 3. The second-order valence-electron chi connectivity index (χ2n) is 6.61. The summed E-state index contributed by atoms with van der Waals surface area (Å²) in [7, 11) is -16.7. The van der Waals surface area contributed by atoms with Crippen LogP contribution >= 0.6 is 23.5 Å². The highest BCUT2D eigenvalue weighted by Crippen LogP contribution is 2.66. The van der Waals surface area contributed by atoms with Crippen LogP contribution in [0.1, 0.15) is 11.8 Å². The number of aliphatic hydroxyl groups excluding tert-OH is 2. The summed E-state index contributed by atoms with van der Waals surface area (Å²) < 4.78 is 52.3. The van der Waals surface area contributed by atoms with E-state index in [4.69, 9.17) is 25.2 Å². The molecule has 17 nitrogen and oxygen atoms in total. The van der Waals surface area contributed by atoms with Crippen molar-refractivity contribution in [1.29, 1.82) is 0 Å². The number of nitrogens with zero attached hydrogens (tertiary/aromatic N) is 3. The molecule has 1 aliphatic rings. The van der Waals surface area contributed by atoms with Gasteiger partial charge in [0.1, 0.15) is 36.1 Å². The van der Waals surface area contributed by atoms with Gasteiger partial charge in [-0.1, -0.05) is 0 Å². The smallest absolute Gasteiger partial charge is 0.387 e. The highest BCUT2D eigenvalue weighted by atomic mass is 31.3. The molecule has 20 heteroatoms. The molecule has 1 aliphatic heterocycles. The molecule has 6 atom stereocenters. The Kier molecular flexibility index (Phi) is 6.98. The predicted octanol–water partition coefficient (Wildman–Crippen LogP) is -0.716. The zero-order chi connectivity index (χ0) is 24.1. The minimum atomic E-state index is -5.70. The maximum Gasteiger partial charge on any atom is 0.490 e. The molecule has 0 aromatic carbocycles. The second kappa shape index (κ2) is 8.81. The minimum Gasteiger partial charge on any atom is -0.387 e. The molecule has 2 unspecified atom stereocenters. The fourth-order valence-electron chi connectivity index (χ4n) is 3.06. The summed E-state index contributed by atoms with van der Waals surface area (Å²) in [6.07, 6.45) is -3.17. The highest BCUT2D eigenvalue weighted by molar-refractivity contribution is 7.66. The average molecular weight is 520 g/mol. The number of nitrogen functional groups attached to an aromatic ring is 1. The molecule has 0 radical (unpaired) electrons. The van der Waals surface area contributed by atoms with Crippen LogP contribution in [0.3, 0.4) is 0 Å². The number of phosphoric ester groups is 1. The molecule has 0 bridgehead atoms. The fraction of sp³-hybridized carbons (Fsp3) is 0.500. The van der Waals surface area contributed by atoms with E-state index < -0.39 is 54.6 Å². The van der Waals surface area contributed by atoms with Gasteiger partial charge in [0.25, 0.3) is 0 Å². The number of aliphatic hydroxyl groups is 2. The second-order valence-corrected chi connectivity index (χ2v) is 11.0. The summed E-state index contributed by atoms with van der Waals surface area (Å²) in [4.78, 5) is 43.6. The van der Waals surface area contributed by atoms with E-state index in [9.17, 15) is 28.8 Å². The molecule has 0 spiro atoms. The summed E-state index contributed by atoms with van der Waals surface area (Å²) >= 11 is 0. The summed E-state index contributed by atoms with van der Waals surface area (Å²) in [5, 5.41) is 21.1. The van der Waals surface area contributed by atoms with Crippen LogP contribution in [0.25, 0.3) is 11.0 Å². The van der Waals surface area contributed by atoms with Gasteiger partial charge >= 0.3 is 23.5 Å². The molecule has 2 aromatic rings. The number of nitrogens with two attached hydrogens (primary N) is 1. The van der Waals surface area contributed by atoms with Crippen molar-refractivity contribution in [2.24, 2.45) is 0 Å². The number of fused-ring (bicyclic) bond motifs is 1. The zero-order valence-electron chi connectivity index (χ0n) is 16.0. The number of rotatable bonds is 8. The first-order valence-electron chi connectivity index (χ1n) is 8.48. The molecule has 1 fully saturated rings. The topological polar surface area (TPSA) is 266 Å². The molecule has 0 saturated carbocycles. The van der Waals surface area contributed by atoms with Gasteiger partial charge in [-0.05, 0) is 12.5 Å². The lowest BCUT2D eigenvalue weighted by molar-refractivity contribution is -0.0501. The highest BCUT2D eigenvalue weighted by Gasteiger charge is 2.47. The standard InChI is InChI=1S/C12H19N4O13P3/c1-5-2-16(11-7(5)10(13)14-4-15-11)12-9(18)8(17)6(27-12)3-26-31(22,23)29-32(24,25)28-30(19,20)21/h2,4,6,8-9,12,17-18H,3H2,1H3,(H,22,23)(H,24,25)(H2,13,14,15)(H2,19,20,21)/t6-,8-,9-,12-/m1/s1. The molecule has 3 heterocycles. The van der Waals surface area contributed by atoms with E-state index in [1.165, 1.54) is 17.1 Å². The van der Waals surface area contributed by atoms with Crippen molar-refractivity contribution >= 4 is 40.3 Å². The normalized spacial score (nSPS) is 28.0. The quantitative estimate of drug-likeness (QED) is 0.212. The minimum absolute atomic E-state index is 0.170. The number of anilines is 1. The van der Waals surface area contributed by atoms with Crippen LogP contribution in [-0.4, -0.2) is 69.2 Å². The van der Waals surface area contributed by atoms with Crippen LogP contribution in [0, 0.1) is 6.92 Å². The SMILES string of the molecule is Cc1cn([C@@H]2O[C@H](COP(=O)(O)OP(=O)(O)OP(=O)(O)O)[C@@H](O)[C@H]2O)c2ncnc(N)c12. The van der Waals surface area contributed by atoms with Crippen LogP contribution < -0.4 is 5.73 Å². The van der Waals surface area contributed by atoms with Gasteiger partial charge in [0.05, 0.1) is 12.0 Å². The van der Waals surface area contributed by atoms with Crippen molar-refractivity contribution in [1.82, 2.24) is 14.5 Å². The number of hydrogen-bond acceptors (Lipinski definition) is 12.